The first-order chi connectivity index (χ1) is 9.33. The quantitative estimate of drug-likeness (QED) is 0.842. The highest BCUT2D eigenvalue weighted by Gasteiger charge is 2.46. The predicted molar refractivity (Wildman–Crippen MR) is 75.1 cm³/mol. The van der Waals surface area contributed by atoms with Gasteiger partial charge in [-0.1, -0.05) is 18.2 Å². The molecule has 0 fully saturated rings. The van der Waals surface area contributed by atoms with Crippen LogP contribution < -0.4 is 5.73 Å². The van der Waals surface area contributed by atoms with E-state index in [0.717, 1.165) is 0 Å². The molecule has 0 aliphatic carbocycles. The summed E-state index contributed by atoms with van der Waals surface area (Å²) in [5.74, 6) is -0.376. The maximum Gasteiger partial charge on any atom is 0.306 e. The van der Waals surface area contributed by atoms with Gasteiger partial charge in [0.15, 0.2) is 9.84 Å². The number of methoxy groups -OCH3 is 1. The zero-order chi connectivity index (χ0) is 15.0. The summed E-state index contributed by atoms with van der Waals surface area (Å²) in [6, 6.07) is 6.44. The van der Waals surface area contributed by atoms with Crippen LogP contribution in [-0.4, -0.2) is 33.3 Å². The number of hydrogen-bond acceptors (Lipinski definition) is 5. The monoisotopic (exact) mass is 297 g/mol. The Morgan fingerprint density at radius 1 is 1.45 bits per heavy atom. The molecule has 0 spiro atoms. The smallest absolute Gasteiger partial charge is 0.306 e. The van der Waals surface area contributed by atoms with Gasteiger partial charge >= 0.3 is 5.97 Å². The first-order valence-corrected chi connectivity index (χ1v) is 8.13. The Balaban J connectivity index is 2.63. The fourth-order valence-electron chi connectivity index (χ4n) is 2.86. The van der Waals surface area contributed by atoms with E-state index in [9.17, 15) is 13.2 Å². The number of fused-ring (bicyclic) bond motifs is 1. The molecule has 0 radical (unpaired) electrons. The third-order valence-electron chi connectivity index (χ3n) is 4.13. The highest BCUT2D eigenvalue weighted by Crippen LogP contribution is 2.43. The van der Waals surface area contributed by atoms with Crippen molar-refractivity contribution in [2.24, 2.45) is 5.73 Å². The van der Waals surface area contributed by atoms with E-state index in [1.807, 2.05) is 0 Å². The molecule has 2 atom stereocenters. The molecule has 110 valence electrons. The highest BCUT2D eigenvalue weighted by molar-refractivity contribution is 7.91. The molecule has 2 rings (SSSR count). The summed E-state index contributed by atoms with van der Waals surface area (Å²) < 4.78 is 29.1. The van der Waals surface area contributed by atoms with Crippen molar-refractivity contribution in [2.75, 3.05) is 12.9 Å². The van der Waals surface area contributed by atoms with Gasteiger partial charge in [-0.3, -0.25) is 4.79 Å². The second kappa shape index (κ2) is 5.18. The second-order valence-electron chi connectivity index (χ2n) is 5.26. The van der Waals surface area contributed by atoms with E-state index in [1.54, 1.807) is 31.2 Å². The topological polar surface area (TPSA) is 86.5 Å². The normalized spacial score (nSPS) is 25.6. The maximum absolute atomic E-state index is 12.2. The summed E-state index contributed by atoms with van der Waals surface area (Å²) in [5, 5.41) is 0. The molecule has 20 heavy (non-hydrogen) atoms. The van der Waals surface area contributed by atoms with E-state index >= 15 is 0 Å². The van der Waals surface area contributed by atoms with E-state index < -0.39 is 15.3 Å². The van der Waals surface area contributed by atoms with Crippen LogP contribution in [0.3, 0.4) is 0 Å². The lowest BCUT2D eigenvalue weighted by Gasteiger charge is -2.41. The van der Waals surface area contributed by atoms with Crippen LogP contribution in [0.25, 0.3) is 0 Å². The highest BCUT2D eigenvalue weighted by atomic mass is 32.2. The number of sulfone groups is 1. The van der Waals surface area contributed by atoms with Crippen LogP contribution in [0.1, 0.15) is 25.3 Å². The average Bonchev–Trinajstić information content (AvgIpc) is 2.42. The lowest BCUT2D eigenvalue weighted by Crippen LogP contribution is -2.49. The van der Waals surface area contributed by atoms with E-state index in [1.165, 1.54) is 7.11 Å². The Hall–Kier alpha value is -1.40. The van der Waals surface area contributed by atoms with Crippen LogP contribution in [0.5, 0.6) is 0 Å². The SMILES string of the molecule is COC(=O)CC1(C(C)N)CCS(=O)(=O)c2ccccc21. The zero-order valence-corrected chi connectivity index (χ0v) is 12.4. The molecule has 0 bridgehead atoms. The molecule has 0 amide bonds. The standard InChI is InChI=1S/C14H19NO4S/c1-10(15)14(9-13(16)19-2)7-8-20(17,18)12-6-4-3-5-11(12)14/h3-6,10H,7-9,15H2,1-2H3. The van der Waals surface area contributed by atoms with Gasteiger partial charge in [0.05, 0.1) is 24.2 Å². The number of nitrogens with two attached hydrogens (primary N) is 1. The number of rotatable bonds is 3. The minimum Gasteiger partial charge on any atom is -0.469 e. The van der Waals surface area contributed by atoms with Gasteiger partial charge in [0.25, 0.3) is 0 Å². The summed E-state index contributed by atoms with van der Waals surface area (Å²) >= 11 is 0. The molecule has 2 unspecified atom stereocenters. The van der Waals surface area contributed by atoms with Gasteiger partial charge < -0.3 is 10.5 Å². The fourth-order valence-corrected chi connectivity index (χ4v) is 4.60. The average molecular weight is 297 g/mol. The van der Waals surface area contributed by atoms with Crippen LogP contribution >= 0.6 is 0 Å². The van der Waals surface area contributed by atoms with Crippen LogP contribution in [0, 0.1) is 0 Å². The molecule has 6 heteroatoms. The van der Waals surface area contributed by atoms with Gasteiger partial charge in [0.1, 0.15) is 0 Å². The van der Waals surface area contributed by atoms with Crippen LogP contribution in [-0.2, 0) is 24.8 Å². The Kier molecular flexibility index (Phi) is 3.88. The number of ether oxygens (including phenoxy) is 1. The van der Waals surface area contributed by atoms with Crippen molar-refractivity contribution < 1.29 is 17.9 Å². The van der Waals surface area contributed by atoms with E-state index in [0.29, 0.717) is 12.0 Å². The number of esters is 1. The van der Waals surface area contributed by atoms with Gasteiger partial charge in [0, 0.05) is 11.5 Å². The molecule has 0 saturated heterocycles. The first-order valence-electron chi connectivity index (χ1n) is 6.48. The van der Waals surface area contributed by atoms with Crippen molar-refractivity contribution >= 4 is 15.8 Å². The van der Waals surface area contributed by atoms with E-state index in [-0.39, 0.29) is 29.1 Å². The van der Waals surface area contributed by atoms with Crippen molar-refractivity contribution in [3.05, 3.63) is 29.8 Å². The van der Waals surface area contributed by atoms with Crippen molar-refractivity contribution in [3.8, 4) is 0 Å². The Labute approximate surface area is 119 Å². The Morgan fingerprint density at radius 3 is 2.70 bits per heavy atom. The Bertz CT molecular complexity index is 624. The minimum absolute atomic E-state index is 0.00253. The van der Waals surface area contributed by atoms with Gasteiger partial charge in [-0.2, -0.15) is 0 Å². The maximum atomic E-state index is 12.2. The summed E-state index contributed by atoms with van der Waals surface area (Å²) in [6.07, 6.45) is 0.423. The molecule has 1 aromatic carbocycles. The number of carbonyl (C=O) groups excluding carboxylic acids is 1. The van der Waals surface area contributed by atoms with Crippen molar-refractivity contribution in [1.29, 1.82) is 0 Å². The lowest BCUT2D eigenvalue weighted by atomic mass is 9.70. The van der Waals surface area contributed by atoms with E-state index in [2.05, 4.69) is 0 Å². The number of carbonyl (C=O) groups is 1. The molecule has 0 aromatic heterocycles. The zero-order valence-electron chi connectivity index (χ0n) is 11.6. The summed E-state index contributed by atoms with van der Waals surface area (Å²) in [6.45, 7) is 1.80. The summed E-state index contributed by atoms with van der Waals surface area (Å²) in [4.78, 5) is 12.0. The predicted octanol–water partition coefficient (Wildman–Crippen LogP) is 1.01. The lowest BCUT2D eigenvalue weighted by molar-refractivity contribution is -0.142. The second-order valence-corrected chi connectivity index (χ2v) is 7.34. The van der Waals surface area contributed by atoms with Gasteiger partial charge in [-0.15, -0.1) is 0 Å². The summed E-state index contributed by atoms with van der Waals surface area (Å²) in [5.41, 5.74) is 6.05. The fraction of sp³-hybridized carbons (Fsp3) is 0.500. The molecule has 1 aliphatic heterocycles. The first kappa shape index (κ1) is 15.0. The van der Waals surface area contributed by atoms with Crippen LogP contribution in [0.2, 0.25) is 0 Å². The van der Waals surface area contributed by atoms with Gasteiger partial charge in [0.2, 0.25) is 0 Å². The molecule has 0 saturated carbocycles. The molecule has 1 aliphatic rings. The van der Waals surface area contributed by atoms with Crippen LogP contribution in [0.15, 0.2) is 29.2 Å². The molecule has 5 nitrogen and oxygen atoms in total. The van der Waals surface area contributed by atoms with Crippen molar-refractivity contribution in [3.63, 3.8) is 0 Å². The molecule has 1 aromatic rings. The summed E-state index contributed by atoms with van der Waals surface area (Å²) in [7, 11) is -1.97. The van der Waals surface area contributed by atoms with Crippen LogP contribution in [0.4, 0.5) is 0 Å². The molecular formula is C14H19NO4S. The van der Waals surface area contributed by atoms with Crippen molar-refractivity contribution in [1.82, 2.24) is 0 Å². The van der Waals surface area contributed by atoms with E-state index in [4.69, 9.17) is 10.5 Å². The Morgan fingerprint density at radius 2 is 2.10 bits per heavy atom. The minimum atomic E-state index is -3.30. The molecular weight excluding hydrogens is 278 g/mol. The third-order valence-corrected chi connectivity index (χ3v) is 5.90. The number of benzene rings is 1. The molecule has 1 heterocycles. The third kappa shape index (κ3) is 2.33. The van der Waals surface area contributed by atoms with Crippen molar-refractivity contribution in [2.45, 2.75) is 36.1 Å². The van der Waals surface area contributed by atoms with Gasteiger partial charge in [-0.05, 0) is 25.0 Å². The van der Waals surface area contributed by atoms with Gasteiger partial charge in [-0.25, -0.2) is 8.42 Å². The number of hydrogen-bond donors (Lipinski definition) is 1. The molecule has 2 N–H and O–H groups in total. The largest absolute Gasteiger partial charge is 0.469 e.